The Balaban J connectivity index is 1.21. The van der Waals surface area contributed by atoms with Crippen molar-refractivity contribution in [1.29, 1.82) is 0 Å². The molecular formula is C47H29N3. The van der Waals surface area contributed by atoms with Crippen LogP contribution in [0.4, 0.5) is 0 Å². The molecule has 0 amide bonds. The van der Waals surface area contributed by atoms with Gasteiger partial charge < -0.3 is 0 Å². The van der Waals surface area contributed by atoms with Crippen LogP contribution in [0.15, 0.2) is 164 Å². The van der Waals surface area contributed by atoms with Crippen molar-refractivity contribution >= 4 is 0 Å². The fourth-order valence-corrected chi connectivity index (χ4v) is 8.94. The first-order valence-corrected chi connectivity index (χ1v) is 17.3. The Labute approximate surface area is 290 Å². The highest BCUT2D eigenvalue weighted by Crippen LogP contribution is 2.64. The fourth-order valence-electron chi connectivity index (χ4n) is 8.94. The van der Waals surface area contributed by atoms with Gasteiger partial charge in [-0.2, -0.15) is 0 Å². The molecule has 3 aliphatic rings. The molecule has 3 nitrogen and oxygen atoms in total. The summed E-state index contributed by atoms with van der Waals surface area (Å²) in [4.78, 5) is 15.3. The lowest BCUT2D eigenvalue weighted by Gasteiger charge is -2.31. The third-order valence-corrected chi connectivity index (χ3v) is 11.0. The predicted molar refractivity (Wildman–Crippen MR) is 201 cm³/mol. The molecule has 50 heavy (non-hydrogen) atoms. The zero-order chi connectivity index (χ0) is 32.8. The third kappa shape index (κ3) is 3.66. The summed E-state index contributed by atoms with van der Waals surface area (Å²) in [7, 11) is 0. The zero-order valence-electron chi connectivity index (χ0n) is 27.1. The minimum absolute atomic E-state index is 0.463. The van der Waals surface area contributed by atoms with Crippen LogP contribution >= 0.6 is 0 Å². The lowest BCUT2D eigenvalue weighted by molar-refractivity contribution is 0.793. The predicted octanol–water partition coefficient (Wildman–Crippen LogP) is 10.8. The molecule has 8 aromatic rings. The number of nitrogens with zero attached hydrogens (tertiary/aromatic N) is 3. The van der Waals surface area contributed by atoms with Gasteiger partial charge in [-0.15, -0.1) is 0 Å². The van der Waals surface area contributed by atoms with Crippen molar-refractivity contribution in [3.05, 3.63) is 197 Å². The Morgan fingerprint density at radius 3 is 1.52 bits per heavy atom. The van der Waals surface area contributed by atoms with E-state index in [4.69, 9.17) is 15.0 Å². The van der Waals surface area contributed by atoms with Crippen molar-refractivity contribution in [2.45, 2.75) is 11.8 Å². The summed E-state index contributed by atoms with van der Waals surface area (Å²) in [5.41, 5.74) is 18.5. The molecule has 232 valence electrons. The van der Waals surface area contributed by atoms with Crippen molar-refractivity contribution < 1.29 is 0 Å². The van der Waals surface area contributed by atoms with Gasteiger partial charge in [0.1, 0.15) is 0 Å². The van der Waals surface area contributed by atoms with E-state index in [1.54, 1.807) is 0 Å². The molecule has 3 heteroatoms. The van der Waals surface area contributed by atoms with Gasteiger partial charge in [-0.25, -0.2) is 15.0 Å². The SMILES string of the molecule is c1ccc(-c2nc(-c3ccccc3)nc(-c3ccc4c(c3)C3(c5ccccc5-c5ccccc53)c3ccc5c(c3-4)Cc3ccccc3-5)n2)cc1. The summed E-state index contributed by atoms with van der Waals surface area (Å²) in [5, 5.41) is 0. The van der Waals surface area contributed by atoms with Crippen LogP contribution < -0.4 is 0 Å². The summed E-state index contributed by atoms with van der Waals surface area (Å²) in [6.07, 6.45) is 0.934. The Bertz CT molecular complexity index is 2570. The van der Waals surface area contributed by atoms with E-state index >= 15 is 0 Å². The van der Waals surface area contributed by atoms with Gasteiger partial charge in [0.05, 0.1) is 5.41 Å². The molecule has 0 saturated carbocycles. The van der Waals surface area contributed by atoms with Gasteiger partial charge in [0.2, 0.25) is 0 Å². The Morgan fingerprint density at radius 1 is 0.360 bits per heavy atom. The number of hydrogen-bond acceptors (Lipinski definition) is 3. The second-order valence-electron chi connectivity index (χ2n) is 13.5. The molecule has 0 unspecified atom stereocenters. The largest absolute Gasteiger partial charge is 0.208 e. The molecule has 0 atom stereocenters. The van der Waals surface area contributed by atoms with Crippen LogP contribution in [-0.4, -0.2) is 15.0 Å². The molecule has 1 aromatic heterocycles. The standard InChI is InChI=1S/C47H29N3/c1-3-13-29(14-4-1)44-48-45(30-15-5-2-6-16-30)50-46(49-44)32-23-24-37-42(28-32)47(39-21-11-9-19-35(39)36-20-10-12-22-40(36)47)41-26-25-34-33-18-8-7-17-31(33)27-38(34)43(37)41/h1-26,28H,27H2. The van der Waals surface area contributed by atoms with Crippen LogP contribution in [0.5, 0.6) is 0 Å². The van der Waals surface area contributed by atoms with E-state index in [0.717, 1.165) is 23.1 Å². The van der Waals surface area contributed by atoms with E-state index in [2.05, 4.69) is 127 Å². The maximum atomic E-state index is 5.14. The van der Waals surface area contributed by atoms with Crippen molar-refractivity contribution in [3.8, 4) is 67.5 Å². The maximum Gasteiger partial charge on any atom is 0.164 e. The first kappa shape index (κ1) is 27.5. The number of rotatable bonds is 3. The molecule has 0 fully saturated rings. The average Bonchev–Trinajstić information content (AvgIpc) is 3.82. The monoisotopic (exact) mass is 635 g/mol. The molecule has 0 bridgehead atoms. The van der Waals surface area contributed by atoms with Crippen LogP contribution in [0.25, 0.3) is 67.5 Å². The summed E-state index contributed by atoms with van der Waals surface area (Å²) in [6.45, 7) is 0. The van der Waals surface area contributed by atoms with Crippen molar-refractivity contribution in [2.75, 3.05) is 0 Å². The number of benzene rings is 7. The van der Waals surface area contributed by atoms with Crippen molar-refractivity contribution in [2.24, 2.45) is 0 Å². The van der Waals surface area contributed by atoms with Gasteiger partial charge in [-0.05, 0) is 79.2 Å². The van der Waals surface area contributed by atoms with Gasteiger partial charge in [-0.3, -0.25) is 0 Å². The minimum Gasteiger partial charge on any atom is -0.208 e. The molecule has 0 radical (unpaired) electrons. The summed E-state index contributed by atoms with van der Waals surface area (Å²) < 4.78 is 0. The number of fused-ring (bicyclic) bond motifs is 14. The molecule has 0 aliphatic heterocycles. The molecule has 0 saturated heterocycles. The molecule has 1 heterocycles. The number of hydrogen-bond donors (Lipinski definition) is 0. The molecule has 1 spiro atoms. The highest BCUT2D eigenvalue weighted by molar-refractivity contribution is 5.99. The van der Waals surface area contributed by atoms with Crippen molar-refractivity contribution in [1.82, 2.24) is 15.0 Å². The quantitative estimate of drug-likeness (QED) is 0.194. The topological polar surface area (TPSA) is 38.7 Å². The summed E-state index contributed by atoms with van der Waals surface area (Å²) >= 11 is 0. The highest BCUT2D eigenvalue weighted by Gasteiger charge is 2.52. The van der Waals surface area contributed by atoms with Gasteiger partial charge in [-0.1, -0.05) is 158 Å². The Kier molecular flexibility index (Phi) is 5.65. The fraction of sp³-hybridized carbons (Fsp3) is 0.0426. The maximum absolute atomic E-state index is 5.14. The second kappa shape index (κ2) is 10.3. The number of aromatic nitrogens is 3. The highest BCUT2D eigenvalue weighted by atomic mass is 15.0. The molecule has 0 N–H and O–H groups in total. The smallest absolute Gasteiger partial charge is 0.164 e. The van der Waals surface area contributed by atoms with E-state index in [1.165, 1.54) is 66.8 Å². The van der Waals surface area contributed by atoms with Gasteiger partial charge in [0, 0.05) is 16.7 Å². The average molecular weight is 636 g/mol. The minimum atomic E-state index is -0.463. The lowest BCUT2D eigenvalue weighted by Crippen LogP contribution is -2.26. The summed E-state index contributed by atoms with van der Waals surface area (Å²) in [5.74, 6) is 2.00. The second-order valence-corrected chi connectivity index (χ2v) is 13.5. The summed E-state index contributed by atoms with van der Waals surface area (Å²) in [6, 6.07) is 59.0. The third-order valence-electron chi connectivity index (χ3n) is 11.0. The van der Waals surface area contributed by atoms with Gasteiger partial charge >= 0.3 is 0 Å². The Morgan fingerprint density at radius 2 is 0.880 bits per heavy atom. The molecule has 7 aromatic carbocycles. The van der Waals surface area contributed by atoms with Gasteiger partial charge in [0.15, 0.2) is 17.5 Å². The van der Waals surface area contributed by atoms with E-state index in [-0.39, 0.29) is 0 Å². The van der Waals surface area contributed by atoms with E-state index in [1.807, 2.05) is 36.4 Å². The van der Waals surface area contributed by atoms with E-state index in [0.29, 0.717) is 17.5 Å². The first-order chi connectivity index (χ1) is 24.8. The van der Waals surface area contributed by atoms with Crippen molar-refractivity contribution in [3.63, 3.8) is 0 Å². The zero-order valence-corrected chi connectivity index (χ0v) is 27.1. The Hall–Kier alpha value is -6.45. The lowest BCUT2D eigenvalue weighted by atomic mass is 9.70. The van der Waals surface area contributed by atoms with Crippen LogP contribution in [0.1, 0.15) is 33.4 Å². The van der Waals surface area contributed by atoms with Crippen LogP contribution in [-0.2, 0) is 11.8 Å². The van der Waals surface area contributed by atoms with E-state index < -0.39 is 5.41 Å². The molecular weight excluding hydrogens is 607 g/mol. The van der Waals surface area contributed by atoms with Gasteiger partial charge in [0.25, 0.3) is 0 Å². The van der Waals surface area contributed by atoms with Crippen LogP contribution in [0, 0.1) is 0 Å². The molecule has 11 rings (SSSR count). The molecule has 3 aliphatic carbocycles. The first-order valence-electron chi connectivity index (χ1n) is 17.3. The van der Waals surface area contributed by atoms with Crippen LogP contribution in [0.3, 0.4) is 0 Å². The van der Waals surface area contributed by atoms with Crippen LogP contribution in [0.2, 0.25) is 0 Å². The van der Waals surface area contributed by atoms with E-state index in [9.17, 15) is 0 Å². The normalized spacial score (nSPS) is 13.7.